The summed E-state index contributed by atoms with van der Waals surface area (Å²) in [6.07, 6.45) is 0. The van der Waals surface area contributed by atoms with Crippen LogP contribution in [0.25, 0.3) is 11.0 Å². The van der Waals surface area contributed by atoms with Crippen molar-refractivity contribution in [3.8, 4) is 0 Å². The van der Waals surface area contributed by atoms with Crippen molar-refractivity contribution in [3.63, 3.8) is 0 Å². The van der Waals surface area contributed by atoms with Gasteiger partial charge in [0.05, 0.1) is 0 Å². The van der Waals surface area contributed by atoms with Crippen LogP contribution in [0.15, 0.2) is 27.4 Å². The molecule has 0 N–H and O–H groups in total. The minimum absolute atomic E-state index is 0. The van der Waals surface area contributed by atoms with Crippen molar-refractivity contribution < 1.29 is 37.1 Å². The fraction of sp³-hybridized carbons (Fsp3) is 0.400. The smallest absolute Gasteiger partial charge is 0.333 e. The molecule has 2 rings (SSSR count). The van der Waals surface area contributed by atoms with E-state index in [4.69, 9.17) is 4.42 Å². The second kappa shape index (κ2) is 6.12. The van der Waals surface area contributed by atoms with Crippen molar-refractivity contribution >= 4 is 11.0 Å². The van der Waals surface area contributed by atoms with Crippen LogP contribution in [0.1, 0.15) is 50.7 Å². The molecule has 0 atom stereocenters. The second-order valence-electron chi connectivity index (χ2n) is 5.00. The first-order chi connectivity index (χ1) is 7.99. The quantitative estimate of drug-likeness (QED) is 0.622. The summed E-state index contributed by atoms with van der Waals surface area (Å²) in [6.45, 7) is 8.35. The monoisotopic (exact) mass is 318 g/mol. The molecule has 0 amide bonds. The van der Waals surface area contributed by atoms with Crippen LogP contribution in [0, 0.1) is 6.07 Å². The Hall–Kier alpha value is -0.466. The first-order valence-corrected chi connectivity index (χ1v) is 5.98. The molecule has 1 aromatic carbocycles. The average molecular weight is 318 g/mol. The van der Waals surface area contributed by atoms with Gasteiger partial charge in [0, 0.05) is 44.4 Å². The Bertz CT molecular complexity index is 597. The predicted octanol–water partition coefficient (Wildman–Crippen LogP) is 3.84. The van der Waals surface area contributed by atoms with Gasteiger partial charge >= 0.3 is 5.63 Å². The zero-order valence-corrected chi connectivity index (χ0v) is 14.1. The van der Waals surface area contributed by atoms with Gasteiger partial charge in [-0.2, -0.15) is 17.7 Å². The molecule has 0 fully saturated rings. The van der Waals surface area contributed by atoms with Crippen LogP contribution in [0.5, 0.6) is 0 Å². The molecule has 0 unspecified atom stereocenters. The molecule has 2 aromatic rings. The molecule has 0 aliphatic rings. The van der Waals surface area contributed by atoms with Crippen LogP contribution >= 0.6 is 0 Å². The first kappa shape index (κ1) is 15.6. The van der Waals surface area contributed by atoms with E-state index in [-0.39, 0.29) is 38.3 Å². The number of hydrogen-bond acceptors (Lipinski definition) is 2. The molecule has 18 heavy (non-hydrogen) atoms. The topological polar surface area (TPSA) is 30.2 Å². The summed E-state index contributed by atoms with van der Waals surface area (Å²) < 4.78 is 5.27. The van der Waals surface area contributed by atoms with Crippen LogP contribution in [-0.4, -0.2) is 0 Å². The van der Waals surface area contributed by atoms with E-state index in [1.54, 1.807) is 6.07 Å². The summed E-state index contributed by atoms with van der Waals surface area (Å²) in [5.41, 5.74) is 2.50. The Balaban J connectivity index is 0.00000162. The van der Waals surface area contributed by atoms with Crippen molar-refractivity contribution in [3.05, 3.63) is 45.8 Å². The molecule has 0 aliphatic heterocycles. The van der Waals surface area contributed by atoms with Gasteiger partial charge in [0.2, 0.25) is 0 Å². The van der Waals surface area contributed by atoms with Crippen molar-refractivity contribution in [2.24, 2.45) is 0 Å². The maximum atomic E-state index is 11.5. The van der Waals surface area contributed by atoms with Crippen molar-refractivity contribution in [1.29, 1.82) is 0 Å². The second-order valence-corrected chi connectivity index (χ2v) is 5.00. The molecule has 0 spiro atoms. The molecule has 1 radical (unpaired) electrons. The molecule has 1 heterocycles. The van der Waals surface area contributed by atoms with E-state index in [9.17, 15) is 4.79 Å². The van der Waals surface area contributed by atoms with E-state index in [2.05, 4.69) is 33.8 Å². The number of fused-ring (bicyclic) bond motifs is 1. The van der Waals surface area contributed by atoms with E-state index in [1.165, 1.54) is 0 Å². The van der Waals surface area contributed by atoms with Gasteiger partial charge < -0.3 is 4.42 Å². The first-order valence-electron chi connectivity index (χ1n) is 5.98. The molecule has 1 aromatic heterocycles. The van der Waals surface area contributed by atoms with Crippen molar-refractivity contribution in [2.45, 2.75) is 39.5 Å². The minimum atomic E-state index is -0.276. The minimum Gasteiger partial charge on any atom is -0.449 e. The van der Waals surface area contributed by atoms with Gasteiger partial charge in [-0.15, -0.1) is 6.07 Å². The third-order valence-electron chi connectivity index (χ3n) is 2.97. The van der Waals surface area contributed by atoms with Gasteiger partial charge in [0.1, 0.15) is 0 Å². The number of rotatable bonds is 2. The Morgan fingerprint density at radius 1 is 1.11 bits per heavy atom. The van der Waals surface area contributed by atoms with E-state index < -0.39 is 0 Å². The molecule has 0 bridgehead atoms. The molecule has 0 aliphatic carbocycles. The van der Waals surface area contributed by atoms with Crippen LogP contribution in [0.2, 0.25) is 0 Å². The SMILES string of the molecule is CC(C)c1[c-]cc2c(C(C)C)cc(=O)oc2c1.[Y]. The largest absolute Gasteiger partial charge is 0.449 e. The zero-order chi connectivity index (χ0) is 12.6. The molecule has 0 saturated carbocycles. The van der Waals surface area contributed by atoms with Crippen LogP contribution in [-0.2, 0) is 32.7 Å². The van der Waals surface area contributed by atoms with Gasteiger partial charge in [-0.05, 0) is 11.8 Å². The summed E-state index contributed by atoms with van der Waals surface area (Å²) in [6, 6.07) is 8.70. The normalized spacial score (nSPS) is 11.0. The third-order valence-corrected chi connectivity index (χ3v) is 2.97. The fourth-order valence-electron chi connectivity index (χ4n) is 1.95. The van der Waals surface area contributed by atoms with Gasteiger partial charge in [-0.3, -0.25) is 0 Å². The van der Waals surface area contributed by atoms with Crippen LogP contribution in [0.4, 0.5) is 0 Å². The Kier molecular flexibility index (Phi) is 5.30. The fourth-order valence-corrected chi connectivity index (χ4v) is 1.95. The van der Waals surface area contributed by atoms with E-state index in [0.29, 0.717) is 17.4 Å². The van der Waals surface area contributed by atoms with Gasteiger partial charge in [-0.25, -0.2) is 4.79 Å². The summed E-state index contributed by atoms with van der Waals surface area (Å²) in [5.74, 6) is 0.687. The summed E-state index contributed by atoms with van der Waals surface area (Å²) in [4.78, 5) is 11.5. The molecule has 93 valence electrons. The molecular formula is C15H17O2Y-. The molecule has 3 heteroatoms. The van der Waals surface area contributed by atoms with E-state index in [1.807, 2.05) is 12.1 Å². The standard InChI is InChI=1S/C15H17O2.Y/c1-9(2)11-5-6-12-13(10(3)4)8-15(16)17-14(12)7-11;/h6-10H,1-4H3;/q-1;. The Morgan fingerprint density at radius 3 is 2.33 bits per heavy atom. The number of hydrogen-bond donors (Lipinski definition) is 0. The van der Waals surface area contributed by atoms with E-state index in [0.717, 1.165) is 16.5 Å². The molecular weight excluding hydrogens is 301 g/mol. The third kappa shape index (κ3) is 3.10. The van der Waals surface area contributed by atoms with Gasteiger partial charge in [0.15, 0.2) is 0 Å². The van der Waals surface area contributed by atoms with Crippen LogP contribution < -0.4 is 5.63 Å². The van der Waals surface area contributed by atoms with Crippen LogP contribution in [0.3, 0.4) is 0 Å². The summed E-state index contributed by atoms with van der Waals surface area (Å²) >= 11 is 0. The van der Waals surface area contributed by atoms with Gasteiger partial charge in [-0.1, -0.05) is 38.6 Å². The van der Waals surface area contributed by atoms with Crippen molar-refractivity contribution in [2.75, 3.05) is 0 Å². The van der Waals surface area contributed by atoms with Crippen molar-refractivity contribution in [1.82, 2.24) is 0 Å². The Morgan fingerprint density at radius 2 is 1.78 bits per heavy atom. The predicted molar refractivity (Wildman–Crippen MR) is 69.5 cm³/mol. The number of benzene rings is 1. The molecule has 0 saturated heterocycles. The average Bonchev–Trinajstić information content (AvgIpc) is 2.26. The Labute approximate surface area is 133 Å². The zero-order valence-electron chi connectivity index (χ0n) is 11.3. The summed E-state index contributed by atoms with van der Waals surface area (Å²) in [7, 11) is 0. The maximum Gasteiger partial charge on any atom is 0.333 e. The molecule has 2 nitrogen and oxygen atoms in total. The maximum absolute atomic E-state index is 11.5. The summed E-state index contributed by atoms with van der Waals surface area (Å²) in [5, 5.41) is 0.990. The van der Waals surface area contributed by atoms with E-state index >= 15 is 0 Å². The van der Waals surface area contributed by atoms with Gasteiger partial charge in [0.25, 0.3) is 0 Å².